The van der Waals surface area contributed by atoms with Crippen LogP contribution in [0.4, 0.5) is 4.39 Å². The molecule has 2 aromatic rings. The molecule has 0 spiro atoms. The highest BCUT2D eigenvalue weighted by Gasteiger charge is 2.13. The summed E-state index contributed by atoms with van der Waals surface area (Å²) in [6, 6.07) is 6.10. The van der Waals surface area contributed by atoms with Gasteiger partial charge in [0.05, 0.1) is 5.69 Å². The van der Waals surface area contributed by atoms with Gasteiger partial charge in [0.15, 0.2) is 0 Å². The highest BCUT2D eigenvalue weighted by Crippen LogP contribution is 2.21. The lowest BCUT2D eigenvalue weighted by atomic mass is 10.0. The van der Waals surface area contributed by atoms with E-state index in [1.165, 1.54) is 12.1 Å². The predicted octanol–water partition coefficient (Wildman–Crippen LogP) is 2.31. The lowest BCUT2D eigenvalue weighted by Crippen LogP contribution is -2.05. The molecule has 0 saturated heterocycles. The van der Waals surface area contributed by atoms with Gasteiger partial charge in [-0.3, -0.25) is 0 Å². The summed E-state index contributed by atoms with van der Waals surface area (Å²) in [5, 5.41) is 10.1. The Morgan fingerprint density at radius 1 is 1.24 bits per heavy atom. The van der Waals surface area contributed by atoms with Gasteiger partial charge in [-0.25, -0.2) is 14.4 Å². The summed E-state index contributed by atoms with van der Waals surface area (Å²) in [7, 11) is 0. The highest BCUT2D eigenvalue weighted by molar-refractivity contribution is 5.29. The smallest absolute Gasteiger partial charge is 0.125 e. The molecule has 0 saturated carbocycles. The Bertz CT molecular complexity index is 522. The molecule has 1 aromatic heterocycles. The van der Waals surface area contributed by atoms with E-state index in [4.69, 9.17) is 0 Å². The average Bonchev–Trinajstić information content (AvgIpc) is 2.26. The van der Waals surface area contributed by atoms with Gasteiger partial charge in [-0.2, -0.15) is 0 Å². The Hall–Kier alpha value is -1.81. The van der Waals surface area contributed by atoms with Crippen LogP contribution in [0.3, 0.4) is 0 Å². The summed E-state index contributed by atoms with van der Waals surface area (Å²) in [6.07, 6.45) is 0.652. The zero-order chi connectivity index (χ0) is 12.4. The maximum Gasteiger partial charge on any atom is 0.125 e. The molecule has 3 nitrogen and oxygen atoms in total. The van der Waals surface area contributed by atoms with Crippen LogP contribution in [0.15, 0.2) is 30.5 Å². The number of hydrogen-bond acceptors (Lipinski definition) is 3. The van der Waals surface area contributed by atoms with Crippen molar-refractivity contribution >= 4 is 0 Å². The Kier molecular flexibility index (Phi) is 3.15. The highest BCUT2D eigenvalue weighted by atomic mass is 19.1. The van der Waals surface area contributed by atoms with Crippen LogP contribution in [0, 0.1) is 19.7 Å². The predicted molar refractivity (Wildman–Crippen MR) is 62.0 cm³/mol. The molecule has 0 amide bonds. The van der Waals surface area contributed by atoms with Crippen LogP contribution in [-0.4, -0.2) is 15.1 Å². The van der Waals surface area contributed by atoms with Crippen molar-refractivity contribution in [1.82, 2.24) is 9.97 Å². The molecule has 1 heterocycles. The number of benzene rings is 1. The summed E-state index contributed by atoms with van der Waals surface area (Å²) in [4.78, 5) is 8.08. The molecule has 1 unspecified atom stereocenters. The van der Waals surface area contributed by atoms with Crippen LogP contribution >= 0.6 is 0 Å². The van der Waals surface area contributed by atoms with Crippen LogP contribution in [0.2, 0.25) is 0 Å². The van der Waals surface area contributed by atoms with E-state index in [0.29, 0.717) is 17.1 Å². The van der Waals surface area contributed by atoms with Crippen molar-refractivity contribution in [2.24, 2.45) is 0 Å². The molecule has 1 aromatic carbocycles. The van der Waals surface area contributed by atoms with E-state index in [0.717, 1.165) is 5.56 Å². The molecule has 88 valence electrons. The van der Waals surface area contributed by atoms with Crippen LogP contribution in [0.1, 0.15) is 28.7 Å². The molecule has 2 rings (SSSR count). The number of halogens is 1. The quantitative estimate of drug-likeness (QED) is 0.864. The van der Waals surface area contributed by atoms with Gasteiger partial charge in [-0.15, -0.1) is 0 Å². The third-order valence-electron chi connectivity index (χ3n) is 2.46. The zero-order valence-corrected chi connectivity index (χ0v) is 9.68. The molecule has 1 N–H and O–H groups in total. The van der Waals surface area contributed by atoms with Gasteiger partial charge in [0.2, 0.25) is 0 Å². The molecule has 0 aliphatic heterocycles. The fraction of sp³-hybridized carbons (Fsp3) is 0.231. The molecule has 0 aliphatic rings. The van der Waals surface area contributed by atoms with E-state index in [1.807, 2.05) is 0 Å². The minimum Gasteiger partial charge on any atom is -0.382 e. The Morgan fingerprint density at radius 3 is 2.65 bits per heavy atom. The molecule has 0 radical (unpaired) electrons. The number of aliphatic hydroxyl groups excluding tert-OH is 1. The summed E-state index contributed by atoms with van der Waals surface area (Å²) in [5.74, 6) is 0.222. The van der Waals surface area contributed by atoms with E-state index in [-0.39, 0.29) is 5.82 Å². The molecule has 4 heteroatoms. The maximum atomic E-state index is 13.2. The molecule has 1 atom stereocenters. The van der Waals surface area contributed by atoms with Crippen molar-refractivity contribution < 1.29 is 9.50 Å². The van der Waals surface area contributed by atoms with Crippen LogP contribution in [0.25, 0.3) is 0 Å². The molecule has 17 heavy (non-hydrogen) atoms. The van der Waals surface area contributed by atoms with E-state index in [2.05, 4.69) is 9.97 Å². The molecule has 0 fully saturated rings. The van der Waals surface area contributed by atoms with Crippen molar-refractivity contribution in [2.75, 3.05) is 0 Å². The van der Waals surface area contributed by atoms with Gasteiger partial charge >= 0.3 is 0 Å². The first-order chi connectivity index (χ1) is 8.06. The second-order valence-electron chi connectivity index (χ2n) is 3.99. The molecule has 0 aliphatic carbocycles. The first-order valence-corrected chi connectivity index (χ1v) is 5.31. The minimum absolute atomic E-state index is 0.357. The Balaban J connectivity index is 2.39. The number of aromatic nitrogens is 2. The number of aryl methyl sites for hydroxylation is 2. The minimum atomic E-state index is -0.925. The van der Waals surface area contributed by atoms with Crippen LogP contribution in [0.5, 0.6) is 0 Å². The third-order valence-corrected chi connectivity index (χ3v) is 2.46. The second-order valence-corrected chi connectivity index (χ2v) is 3.99. The van der Waals surface area contributed by atoms with Crippen LogP contribution in [-0.2, 0) is 0 Å². The van der Waals surface area contributed by atoms with Gasteiger partial charge in [0, 0.05) is 6.20 Å². The van der Waals surface area contributed by atoms with Gasteiger partial charge in [0.1, 0.15) is 17.7 Å². The summed E-state index contributed by atoms with van der Waals surface area (Å²) >= 11 is 0. The Labute approximate surface area is 99.0 Å². The normalized spacial score (nSPS) is 12.5. The molecule has 0 bridgehead atoms. The van der Waals surface area contributed by atoms with E-state index >= 15 is 0 Å². The molecular weight excluding hydrogens is 219 g/mol. The monoisotopic (exact) mass is 232 g/mol. The molecular formula is C13H13FN2O. The number of rotatable bonds is 2. The van der Waals surface area contributed by atoms with Gasteiger partial charge < -0.3 is 5.11 Å². The van der Waals surface area contributed by atoms with Crippen LogP contribution < -0.4 is 0 Å². The summed E-state index contributed by atoms with van der Waals surface area (Å²) in [5.41, 5.74) is 1.74. The van der Waals surface area contributed by atoms with E-state index < -0.39 is 6.10 Å². The fourth-order valence-electron chi connectivity index (χ4n) is 1.72. The average molecular weight is 232 g/mol. The first-order valence-electron chi connectivity index (χ1n) is 5.31. The van der Waals surface area contributed by atoms with Crippen molar-refractivity contribution in [3.05, 3.63) is 58.9 Å². The van der Waals surface area contributed by atoms with Crippen molar-refractivity contribution in [1.29, 1.82) is 0 Å². The second kappa shape index (κ2) is 4.59. The first kappa shape index (κ1) is 11.7. The zero-order valence-electron chi connectivity index (χ0n) is 9.68. The summed E-state index contributed by atoms with van der Waals surface area (Å²) < 4.78 is 13.2. The van der Waals surface area contributed by atoms with Gasteiger partial charge in [0.25, 0.3) is 0 Å². The SMILES string of the molecule is Cc1cc(F)cc(C(O)c2ccnc(C)n2)c1. The third kappa shape index (κ3) is 2.65. The topological polar surface area (TPSA) is 46.0 Å². The standard InChI is InChI=1S/C13H13FN2O/c1-8-5-10(7-11(14)6-8)13(17)12-3-4-15-9(2)16-12/h3-7,13,17H,1-2H3. The van der Waals surface area contributed by atoms with E-state index in [9.17, 15) is 9.50 Å². The van der Waals surface area contributed by atoms with Crippen molar-refractivity contribution in [3.8, 4) is 0 Å². The van der Waals surface area contributed by atoms with Crippen molar-refractivity contribution in [3.63, 3.8) is 0 Å². The summed E-state index contributed by atoms with van der Waals surface area (Å²) in [6.45, 7) is 3.53. The lowest BCUT2D eigenvalue weighted by molar-refractivity contribution is 0.214. The van der Waals surface area contributed by atoms with Gasteiger partial charge in [-0.05, 0) is 43.2 Å². The number of nitrogens with zero attached hydrogens (tertiary/aromatic N) is 2. The Morgan fingerprint density at radius 2 is 2.00 bits per heavy atom. The number of hydrogen-bond donors (Lipinski definition) is 1. The van der Waals surface area contributed by atoms with Crippen molar-refractivity contribution in [2.45, 2.75) is 20.0 Å². The van der Waals surface area contributed by atoms with Gasteiger partial charge in [-0.1, -0.05) is 6.07 Å². The fourth-order valence-corrected chi connectivity index (χ4v) is 1.72. The lowest BCUT2D eigenvalue weighted by Gasteiger charge is -2.11. The maximum absolute atomic E-state index is 13.2. The number of aliphatic hydroxyl groups is 1. The van der Waals surface area contributed by atoms with E-state index in [1.54, 1.807) is 32.2 Å². The largest absolute Gasteiger partial charge is 0.382 e.